The molecule has 112 valence electrons. The molecule has 3 atom stereocenters. The van der Waals surface area contributed by atoms with Crippen molar-refractivity contribution in [2.24, 2.45) is 17.6 Å². The number of nitrogens with zero attached hydrogens (tertiary/aromatic N) is 1. The van der Waals surface area contributed by atoms with Crippen LogP contribution in [0.15, 0.2) is 23.2 Å². The van der Waals surface area contributed by atoms with Gasteiger partial charge in [0.25, 0.3) is 0 Å². The molecule has 0 bridgehead atoms. The minimum atomic E-state index is -3.54. The number of aromatic nitrogens is 1. The van der Waals surface area contributed by atoms with Gasteiger partial charge in [-0.15, -0.1) is 0 Å². The molecule has 0 saturated heterocycles. The normalized spacial score (nSPS) is 26.9. The highest BCUT2D eigenvalue weighted by Crippen LogP contribution is 2.34. The lowest BCUT2D eigenvalue weighted by atomic mass is 9.94. The second kappa shape index (κ2) is 6.20. The third kappa shape index (κ3) is 3.02. The molecule has 1 saturated carbocycles. The summed E-state index contributed by atoms with van der Waals surface area (Å²) in [4.78, 5) is 4.25. The van der Waals surface area contributed by atoms with Crippen molar-refractivity contribution in [2.75, 3.05) is 0 Å². The SMILES string of the molecule is CCC1CCC(NS(=O)(=O)c2cccnc2CN)C1C. The van der Waals surface area contributed by atoms with E-state index in [9.17, 15) is 8.42 Å². The Morgan fingerprint density at radius 1 is 1.45 bits per heavy atom. The minimum Gasteiger partial charge on any atom is -0.325 e. The minimum absolute atomic E-state index is 0.00998. The first-order valence-electron chi connectivity index (χ1n) is 7.16. The highest BCUT2D eigenvalue weighted by atomic mass is 32.2. The molecular weight excluding hydrogens is 274 g/mol. The molecular formula is C14H23N3O2S. The molecule has 20 heavy (non-hydrogen) atoms. The molecule has 1 aliphatic carbocycles. The lowest BCUT2D eigenvalue weighted by Gasteiger charge is -2.21. The van der Waals surface area contributed by atoms with Crippen LogP contribution in [0.4, 0.5) is 0 Å². The van der Waals surface area contributed by atoms with Gasteiger partial charge in [-0.3, -0.25) is 4.98 Å². The van der Waals surface area contributed by atoms with Crippen molar-refractivity contribution in [3.8, 4) is 0 Å². The molecule has 0 radical (unpaired) electrons. The van der Waals surface area contributed by atoms with Crippen LogP contribution in [0.3, 0.4) is 0 Å². The third-order valence-electron chi connectivity index (χ3n) is 4.39. The first kappa shape index (κ1) is 15.4. The van der Waals surface area contributed by atoms with Gasteiger partial charge in [0.1, 0.15) is 4.90 Å². The zero-order valence-electron chi connectivity index (χ0n) is 12.0. The van der Waals surface area contributed by atoms with Crippen molar-refractivity contribution in [1.82, 2.24) is 9.71 Å². The van der Waals surface area contributed by atoms with Crippen molar-refractivity contribution < 1.29 is 8.42 Å². The molecule has 0 aromatic carbocycles. The predicted octanol–water partition coefficient (Wildman–Crippen LogP) is 1.64. The molecule has 0 spiro atoms. The molecule has 1 heterocycles. The maximum Gasteiger partial charge on any atom is 0.242 e. The van der Waals surface area contributed by atoms with Gasteiger partial charge in [-0.2, -0.15) is 0 Å². The fourth-order valence-electron chi connectivity index (χ4n) is 3.07. The van der Waals surface area contributed by atoms with Crippen LogP contribution in [0.1, 0.15) is 38.8 Å². The van der Waals surface area contributed by atoms with E-state index in [1.54, 1.807) is 18.3 Å². The topological polar surface area (TPSA) is 85.1 Å². The van der Waals surface area contributed by atoms with Crippen LogP contribution in [0.2, 0.25) is 0 Å². The maximum atomic E-state index is 12.5. The van der Waals surface area contributed by atoms with Crippen LogP contribution in [-0.4, -0.2) is 19.4 Å². The van der Waals surface area contributed by atoms with E-state index < -0.39 is 10.0 Å². The molecule has 1 fully saturated rings. The Bertz CT molecular complexity index is 559. The van der Waals surface area contributed by atoms with E-state index in [0.717, 1.165) is 19.3 Å². The molecule has 3 unspecified atom stereocenters. The Hall–Kier alpha value is -0.980. The van der Waals surface area contributed by atoms with Crippen molar-refractivity contribution in [3.63, 3.8) is 0 Å². The largest absolute Gasteiger partial charge is 0.325 e. The Morgan fingerprint density at radius 2 is 2.20 bits per heavy atom. The van der Waals surface area contributed by atoms with Gasteiger partial charge in [-0.05, 0) is 36.8 Å². The van der Waals surface area contributed by atoms with Crippen LogP contribution >= 0.6 is 0 Å². The number of hydrogen-bond acceptors (Lipinski definition) is 4. The van der Waals surface area contributed by atoms with Crippen molar-refractivity contribution in [3.05, 3.63) is 24.0 Å². The van der Waals surface area contributed by atoms with E-state index in [1.165, 1.54) is 0 Å². The second-order valence-corrected chi connectivity index (χ2v) is 7.17. The quantitative estimate of drug-likeness (QED) is 0.865. The van der Waals surface area contributed by atoms with Gasteiger partial charge < -0.3 is 5.73 Å². The maximum absolute atomic E-state index is 12.5. The van der Waals surface area contributed by atoms with Gasteiger partial charge in [0.2, 0.25) is 10.0 Å². The Morgan fingerprint density at radius 3 is 2.80 bits per heavy atom. The van der Waals surface area contributed by atoms with Gasteiger partial charge in [0, 0.05) is 18.8 Å². The zero-order valence-corrected chi connectivity index (χ0v) is 12.9. The summed E-state index contributed by atoms with van der Waals surface area (Å²) in [5.74, 6) is 0.971. The summed E-state index contributed by atoms with van der Waals surface area (Å²) in [6, 6.07) is 3.20. The zero-order chi connectivity index (χ0) is 14.8. The van der Waals surface area contributed by atoms with Crippen molar-refractivity contribution in [1.29, 1.82) is 0 Å². The van der Waals surface area contributed by atoms with Crippen molar-refractivity contribution in [2.45, 2.75) is 50.6 Å². The number of pyridine rings is 1. The molecule has 1 aliphatic rings. The van der Waals surface area contributed by atoms with E-state index >= 15 is 0 Å². The van der Waals surface area contributed by atoms with Crippen molar-refractivity contribution >= 4 is 10.0 Å². The summed E-state index contributed by atoms with van der Waals surface area (Å²) in [7, 11) is -3.54. The Balaban J connectivity index is 2.20. The fraction of sp³-hybridized carbons (Fsp3) is 0.643. The third-order valence-corrected chi connectivity index (χ3v) is 5.95. The molecule has 3 N–H and O–H groups in total. The summed E-state index contributed by atoms with van der Waals surface area (Å²) < 4.78 is 27.8. The monoisotopic (exact) mass is 297 g/mol. The molecule has 5 nitrogen and oxygen atoms in total. The number of hydrogen-bond donors (Lipinski definition) is 2. The van der Waals surface area contributed by atoms with Gasteiger partial charge in [-0.1, -0.05) is 20.3 Å². The van der Waals surface area contributed by atoms with E-state index in [2.05, 4.69) is 23.6 Å². The van der Waals surface area contributed by atoms with Gasteiger partial charge >= 0.3 is 0 Å². The van der Waals surface area contributed by atoms with Crippen LogP contribution in [0.5, 0.6) is 0 Å². The number of rotatable bonds is 5. The lowest BCUT2D eigenvalue weighted by Crippen LogP contribution is -2.38. The van der Waals surface area contributed by atoms with Crippen LogP contribution in [0.25, 0.3) is 0 Å². The first-order valence-corrected chi connectivity index (χ1v) is 8.64. The Kier molecular flexibility index (Phi) is 4.78. The van der Waals surface area contributed by atoms with E-state index in [1.807, 2.05) is 0 Å². The average Bonchev–Trinajstić information content (AvgIpc) is 2.79. The van der Waals surface area contributed by atoms with Crippen LogP contribution in [0, 0.1) is 11.8 Å². The number of nitrogens with two attached hydrogens (primary N) is 1. The fourth-order valence-corrected chi connectivity index (χ4v) is 4.64. The summed E-state index contributed by atoms with van der Waals surface area (Å²) >= 11 is 0. The lowest BCUT2D eigenvalue weighted by molar-refractivity contribution is 0.368. The predicted molar refractivity (Wildman–Crippen MR) is 78.4 cm³/mol. The molecule has 6 heteroatoms. The summed E-state index contributed by atoms with van der Waals surface area (Å²) in [6.07, 6.45) is 4.64. The van der Waals surface area contributed by atoms with Gasteiger partial charge in [-0.25, -0.2) is 13.1 Å². The van der Waals surface area contributed by atoms with E-state index in [-0.39, 0.29) is 17.5 Å². The average molecular weight is 297 g/mol. The molecule has 2 rings (SSSR count). The molecule has 0 amide bonds. The second-order valence-electron chi connectivity index (χ2n) is 5.48. The standard InChI is InChI=1S/C14H23N3O2S/c1-3-11-6-7-12(10(11)2)17-20(18,19)14-5-4-8-16-13(14)9-15/h4-5,8,10-12,17H,3,6-7,9,15H2,1-2H3. The number of sulfonamides is 1. The summed E-state index contributed by atoms with van der Waals surface area (Å²) in [6.45, 7) is 4.40. The van der Waals surface area contributed by atoms with E-state index in [0.29, 0.717) is 17.5 Å². The Labute approximate surface area is 121 Å². The highest BCUT2D eigenvalue weighted by molar-refractivity contribution is 7.89. The highest BCUT2D eigenvalue weighted by Gasteiger charge is 2.34. The smallest absolute Gasteiger partial charge is 0.242 e. The van der Waals surface area contributed by atoms with Gasteiger partial charge in [0.05, 0.1) is 5.69 Å². The summed E-state index contributed by atoms with van der Waals surface area (Å²) in [5, 5.41) is 0. The molecule has 1 aromatic heterocycles. The number of nitrogens with one attached hydrogen (secondary N) is 1. The molecule has 1 aromatic rings. The first-order chi connectivity index (χ1) is 9.49. The van der Waals surface area contributed by atoms with E-state index in [4.69, 9.17) is 5.73 Å². The molecule has 0 aliphatic heterocycles. The van der Waals surface area contributed by atoms with Gasteiger partial charge in [0.15, 0.2) is 0 Å². The van der Waals surface area contributed by atoms with Crippen LogP contribution in [-0.2, 0) is 16.6 Å². The summed E-state index contributed by atoms with van der Waals surface area (Å²) in [5.41, 5.74) is 5.99. The van der Waals surface area contributed by atoms with Crippen LogP contribution < -0.4 is 10.5 Å².